The molecular weight excluding hydrogens is 796 g/mol. The van der Waals surface area contributed by atoms with Crippen LogP contribution >= 0.6 is 65.6 Å². The van der Waals surface area contributed by atoms with Crippen LogP contribution in [0.2, 0.25) is 0 Å². The van der Waals surface area contributed by atoms with Crippen molar-refractivity contribution in [1.29, 1.82) is 10.8 Å². The Morgan fingerprint density at radius 1 is 0.700 bits per heavy atom. The minimum atomic E-state index is -0.884. The van der Waals surface area contributed by atoms with Crippen LogP contribution in [0.25, 0.3) is 44.8 Å². The third-order valence-corrected chi connectivity index (χ3v) is 7.75. The topological polar surface area (TPSA) is 138 Å². The monoisotopic (exact) mass is 828 g/mol. The van der Waals surface area contributed by atoms with Crippen LogP contribution in [0.1, 0.15) is 38.8 Å². The minimum absolute atomic E-state index is 0. The van der Waals surface area contributed by atoms with E-state index in [1.54, 1.807) is 36.4 Å². The molecule has 0 radical (unpaired) electrons. The van der Waals surface area contributed by atoms with Crippen molar-refractivity contribution in [2.24, 2.45) is 0 Å². The lowest BCUT2D eigenvalue weighted by Crippen LogP contribution is -2.30. The van der Waals surface area contributed by atoms with E-state index in [1.165, 1.54) is 12.1 Å². The quantitative estimate of drug-likeness (QED) is 0.0670. The average Bonchev–Trinajstić information content (AvgIpc) is 3.62. The van der Waals surface area contributed by atoms with Crippen molar-refractivity contribution < 1.29 is 13.5 Å². The Hall–Kier alpha value is -3.94. The molecule has 16 heteroatoms. The summed E-state index contributed by atoms with van der Waals surface area (Å²) in [6.07, 6.45) is 0. The highest BCUT2D eigenvalue weighted by molar-refractivity contribution is 9.10. The number of benzene rings is 4. The number of nitrogens with one attached hydrogen (secondary N) is 6. The van der Waals surface area contributed by atoms with E-state index in [4.69, 9.17) is 15.6 Å². The fourth-order valence-corrected chi connectivity index (χ4v) is 5.55. The normalized spacial score (nSPS) is 10.6. The predicted molar refractivity (Wildman–Crippen MR) is 210 cm³/mol. The third kappa shape index (κ3) is 9.04. The van der Waals surface area contributed by atoms with Gasteiger partial charge in [0, 0.05) is 38.8 Å². The van der Waals surface area contributed by atoms with E-state index in [9.17, 15) is 0 Å². The molecule has 0 bridgehead atoms. The van der Waals surface area contributed by atoms with Gasteiger partial charge in [-0.15, -0.1) is 49.6 Å². The Morgan fingerprint density at radius 2 is 1.18 bits per heavy atom. The molecule has 2 aromatic heterocycles. The van der Waals surface area contributed by atoms with Crippen LogP contribution < -0.4 is 15.4 Å². The first-order valence-electron chi connectivity index (χ1n) is 14.6. The molecule has 0 spiro atoms. The van der Waals surface area contributed by atoms with Crippen LogP contribution in [0, 0.1) is 22.5 Å². The molecule has 50 heavy (non-hydrogen) atoms. The lowest BCUT2D eigenvalue weighted by atomic mass is 10.1. The van der Waals surface area contributed by atoms with Crippen molar-refractivity contribution in [1.82, 2.24) is 30.6 Å². The molecule has 0 saturated carbocycles. The van der Waals surface area contributed by atoms with Gasteiger partial charge in [-0.25, -0.2) is 18.7 Å². The van der Waals surface area contributed by atoms with Crippen molar-refractivity contribution in [2.45, 2.75) is 39.8 Å². The van der Waals surface area contributed by atoms with Gasteiger partial charge in [0.05, 0.1) is 22.1 Å². The number of H-pyrrole nitrogens is 2. The highest BCUT2D eigenvalue weighted by Crippen LogP contribution is 2.36. The second-order valence-electron chi connectivity index (χ2n) is 11.5. The zero-order valence-electron chi connectivity index (χ0n) is 27.1. The summed E-state index contributed by atoms with van der Waals surface area (Å²) in [5.41, 5.74) is 5.10. The Morgan fingerprint density at radius 3 is 1.66 bits per heavy atom. The molecule has 0 aliphatic heterocycles. The van der Waals surface area contributed by atoms with Gasteiger partial charge >= 0.3 is 0 Å². The SMILES string of the molecule is CC(C)NC(=N)c1ccc2nc(-c3cc(F)c(Oc4ccc(-c5nc6ccc(C(=N)NC(C)C)cc6[nH]5)c(Br)c4)c(F)c3)[nH]c2c1.Cl.Cl.Cl.Cl. The smallest absolute Gasteiger partial charge is 0.198 e. The average molecular weight is 831 g/mol. The molecule has 0 saturated heterocycles. The molecule has 2 heterocycles. The Balaban J connectivity index is 0.00000217. The fourth-order valence-electron chi connectivity index (χ4n) is 5.00. The molecule has 0 unspecified atom stereocenters. The second kappa shape index (κ2) is 17.3. The summed E-state index contributed by atoms with van der Waals surface area (Å²) >= 11 is 3.54. The summed E-state index contributed by atoms with van der Waals surface area (Å²) in [5, 5.41) is 22.6. The van der Waals surface area contributed by atoms with Crippen molar-refractivity contribution in [3.8, 4) is 34.3 Å². The maximum absolute atomic E-state index is 15.3. The summed E-state index contributed by atoms with van der Waals surface area (Å²) in [4.78, 5) is 15.5. The summed E-state index contributed by atoms with van der Waals surface area (Å²) in [6.45, 7) is 7.85. The summed E-state index contributed by atoms with van der Waals surface area (Å²) < 4.78 is 36.8. The number of imidazole rings is 2. The van der Waals surface area contributed by atoms with E-state index in [0.717, 1.165) is 22.2 Å². The highest BCUT2D eigenvalue weighted by Gasteiger charge is 2.18. The van der Waals surface area contributed by atoms with Gasteiger partial charge in [-0.05, 0) is 110 Å². The first-order chi connectivity index (χ1) is 21.9. The van der Waals surface area contributed by atoms with Crippen LogP contribution in [-0.4, -0.2) is 43.7 Å². The van der Waals surface area contributed by atoms with Gasteiger partial charge in [0.2, 0.25) is 0 Å². The van der Waals surface area contributed by atoms with Gasteiger partial charge in [0.25, 0.3) is 0 Å². The van der Waals surface area contributed by atoms with Crippen LogP contribution in [-0.2, 0) is 0 Å². The summed E-state index contributed by atoms with van der Waals surface area (Å²) in [7, 11) is 0. The molecule has 9 nitrogen and oxygen atoms in total. The number of halogens is 7. The Labute approximate surface area is 320 Å². The van der Waals surface area contributed by atoms with Crippen LogP contribution in [0.15, 0.2) is 71.2 Å². The number of hydrogen-bond acceptors (Lipinski definition) is 5. The number of ether oxygens (including phenoxy) is 1. The van der Waals surface area contributed by atoms with E-state index < -0.39 is 17.4 Å². The number of nitrogens with zero attached hydrogens (tertiary/aromatic N) is 2. The van der Waals surface area contributed by atoms with Crippen molar-refractivity contribution in [2.75, 3.05) is 0 Å². The Bertz CT molecular complexity index is 2130. The van der Waals surface area contributed by atoms with Gasteiger partial charge in [-0.2, -0.15) is 0 Å². The molecule has 6 rings (SSSR count). The van der Waals surface area contributed by atoms with E-state index in [-0.39, 0.29) is 84.7 Å². The number of hydrogen-bond donors (Lipinski definition) is 6. The molecule has 6 N–H and O–H groups in total. The van der Waals surface area contributed by atoms with Crippen molar-refractivity contribution >= 4 is 99.3 Å². The van der Waals surface area contributed by atoms with E-state index in [1.807, 2.05) is 45.9 Å². The summed E-state index contributed by atoms with van der Waals surface area (Å²) in [5.74, 6) is -0.610. The minimum Gasteiger partial charge on any atom is -0.451 e. The van der Waals surface area contributed by atoms with Crippen molar-refractivity contribution in [3.63, 3.8) is 0 Å². The largest absolute Gasteiger partial charge is 0.451 e. The fraction of sp³-hybridized carbons (Fsp3) is 0.176. The molecule has 266 valence electrons. The number of aromatic amines is 2. The number of aromatic nitrogens is 4. The van der Waals surface area contributed by atoms with Crippen LogP contribution in [0.5, 0.6) is 11.5 Å². The molecule has 0 fully saturated rings. The molecule has 0 amide bonds. The first kappa shape index (κ1) is 42.2. The number of rotatable bonds is 8. The highest BCUT2D eigenvalue weighted by atomic mass is 79.9. The molecule has 0 aliphatic carbocycles. The maximum Gasteiger partial charge on any atom is 0.198 e. The standard InChI is InChI=1S/C34H31BrF2N8O.4ClH/c1-16(2)40-31(38)18-5-9-26-28(13-18)44-33(42-26)20-11-24(36)30(25(37)12-20)46-21-7-8-22(23(35)15-21)34-43-27-10-6-19(14-29(27)45-34)32(39)41-17(3)4;;;;/h5-17H,1-4H3,(H2,38,40)(H2,39,41)(H,42,44)(H,43,45);4*1H. The number of amidine groups is 2. The van der Waals surface area contributed by atoms with Crippen LogP contribution in [0.3, 0.4) is 0 Å². The predicted octanol–water partition coefficient (Wildman–Crippen LogP) is 9.94. The van der Waals surface area contributed by atoms with Gasteiger partial charge in [0.1, 0.15) is 29.1 Å². The molecule has 6 aromatic rings. The van der Waals surface area contributed by atoms with Crippen LogP contribution in [0.4, 0.5) is 8.78 Å². The lowest BCUT2D eigenvalue weighted by molar-refractivity contribution is 0.407. The van der Waals surface area contributed by atoms with Gasteiger partial charge in [0.15, 0.2) is 17.4 Å². The maximum atomic E-state index is 15.3. The molecular formula is C34H35BrCl4F2N8O. The summed E-state index contributed by atoms with van der Waals surface area (Å²) in [6, 6.07) is 18.4. The zero-order valence-corrected chi connectivity index (χ0v) is 31.9. The zero-order chi connectivity index (χ0) is 32.7. The van der Waals surface area contributed by atoms with E-state index in [2.05, 4.69) is 46.5 Å². The van der Waals surface area contributed by atoms with Gasteiger partial charge in [-0.1, -0.05) is 0 Å². The molecule has 0 aliphatic rings. The van der Waals surface area contributed by atoms with Gasteiger partial charge in [-0.3, -0.25) is 10.8 Å². The molecule has 0 atom stereocenters. The number of fused-ring (bicyclic) bond motifs is 2. The molecule has 4 aromatic carbocycles. The Kier molecular flexibility index (Phi) is 14.6. The third-order valence-electron chi connectivity index (χ3n) is 7.09. The first-order valence-corrected chi connectivity index (χ1v) is 15.4. The van der Waals surface area contributed by atoms with Crippen molar-refractivity contribution in [3.05, 3.63) is 94.0 Å². The second-order valence-corrected chi connectivity index (χ2v) is 12.3. The lowest BCUT2D eigenvalue weighted by Gasteiger charge is -2.11. The van der Waals surface area contributed by atoms with E-state index >= 15 is 8.78 Å². The van der Waals surface area contributed by atoms with E-state index in [0.29, 0.717) is 32.7 Å². The van der Waals surface area contributed by atoms with Gasteiger partial charge < -0.3 is 25.3 Å².